The first-order valence-electron chi connectivity index (χ1n) is 9.84. The van der Waals surface area contributed by atoms with Gasteiger partial charge in [-0.15, -0.1) is 21.5 Å². The Morgan fingerprint density at radius 3 is 2.43 bits per heavy atom. The molecule has 0 aromatic carbocycles. The first-order chi connectivity index (χ1) is 14.5. The van der Waals surface area contributed by atoms with Crippen molar-refractivity contribution in [2.24, 2.45) is 0 Å². The van der Waals surface area contributed by atoms with Crippen molar-refractivity contribution in [3.8, 4) is 0 Å². The maximum absolute atomic E-state index is 12.9. The summed E-state index contributed by atoms with van der Waals surface area (Å²) in [5, 5.41) is 11.7. The highest BCUT2D eigenvalue weighted by molar-refractivity contribution is 7.91. The number of nitrogens with zero attached hydrogens (tertiary/aromatic N) is 5. The highest BCUT2D eigenvalue weighted by Crippen LogP contribution is 2.26. The number of piperazine rings is 1. The summed E-state index contributed by atoms with van der Waals surface area (Å²) >= 11 is 1.36. The van der Waals surface area contributed by atoms with Gasteiger partial charge in [0.1, 0.15) is 10.0 Å². The molecule has 0 aliphatic carbocycles. The average molecular weight is 445 g/mol. The second-order valence-corrected chi connectivity index (χ2v) is 10.4. The van der Waals surface area contributed by atoms with Crippen LogP contribution in [-0.2, 0) is 16.4 Å². The molecule has 4 rings (SSSR count). The van der Waals surface area contributed by atoms with Crippen molar-refractivity contribution in [1.82, 2.24) is 19.5 Å². The van der Waals surface area contributed by atoms with Crippen molar-refractivity contribution in [3.63, 3.8) is 0 Å². The number of aryl methyl sites for hydroxylation is 2. The molecule has 0 spiro atoms. The van der Waals surface area contributed by atoms with Gasteiger partial charge in [0.05, 0.1) is 0 Å². The van der Waals surface area contributed by atoms with Gasteiger partial charge in [-0.1, -0.05) is 13.0 Å². The number of thiophene rings is 1. The molecule has 3 aromatic heterocycles. The van der Waals surface area contributed by atoms with Crippen molar-refractivity contribution < 1.29 is 8.42 Å². The molecule has 0 bridgehead atoms. The van der Waals surface area contributed by atoms with Crippen LogP contribution in [0, 0.1) is 6.92 Å². The molecular formula is C20H24N6O2S2. The molecule has 30 heavy (non-hydrogen) atoms. The van der Waals surface area contributed by atoms with Crippen molar-refractivity contribution in [3.05, 3.63) is 53.0 Å². The highest BCUT2D eigenvalue weighted by atomic mass is 32.2. The third kappa shape index (κ3) is 4.45. The Kier molecular flexibility index (Phi) is 5.98. The molecule has 0 saturated carbocycles. The summed E-state index contributed by atoms with van der Waals surface area (Å²) in [7, 11) is -3.43. The zero-order chi connectivity index (χ0) is 21.1. The molecule has 10 heteroatoms. The predicted octanol–water partition coefficient (Wildman–Crippen LogP) is 3.06. The number of sulfonamides is 1. The Morgan fingerprint density at radius 2 is 1.80 bits per heavy atom. The third-order valence-electron chi connectivity index (χ3n) is 4.94. The monoisotopic (exact) mass is 444 g/mol. The van der Waals surface area contributed by atoms with Crippen molar-refractivity contribution >= 4 is 38.8 Å². The van der Waals surface area contributed by atoms with Gasteiger partial charge in [-0.05, 0) is 49.7 Å². The zero-order valence-electron chi connectivity index (χ0n) is 16.9. The molecule has 0 radical (unpaired) electrons. The first kappa shape index (κ1) is 20.7. The van der Waals surface area contributed by atoms with Crippen LogP contribution in [0.3, 0.4) is 0 Å². The second kappa shape index (κ2) is 8.66. The summed E-state index contributed by atoms with van der Waals surface area (Å²) in [4.78, 5) is 7.53. The molecule has 0 atom stereocenters. The van der Waals surface area contributed by atoms with Gasteiger partial charge in [0.2, 0.25) is 0 Å². The van der Waals surface area contributed by atoms with Crippen molar-refractivity contribution in [2.75, 3.05) is 36.4 Å². The molecule has 1 fully saturated rings. The standard InChI is InChI=1S/C20H24N6O2S2/c1-3-16-7-10-20(29-16)30(27,28)26-13-11-25(12-14-26)19-9-8-18(23-24-19)22-17-6-4-5-15(2)21-17/h4-10H,3,11-14H2,1-2H3,(H,21,22,23). The number of pyridine rings is 1. The zero-order valence-corrected chi connectivity index (χ0v) is 18.6. The Balaban J connectivity index is 1.38. The summed E-state index contributed by atoms with van der Waals surface area (Å²) < 4.78 is 27.7. The number of anilines is 3. The van der Waals surface area contributed by atoms with Crippen molar-refractivity contribution in [2.45, 2.75) is 24.5 Å². The number of nitrogens with one attached hydrogen (secondary N) is 1. The van der Waals surface area contributed by atoms with E-state index in [1.54, 1.807) is 10.4 Å². The molecule has 1 N–H and O–H groups in total. The van der Waals surface area contributed by atoms with Crippen molar-refractivity contribution in [1.29, 1.82) is 0 Å². The molecule has 1 aliphatic rings. The van der Waals surface area contributed by atoms with Gasteiger partial charge in [0.25, 0.3) is 10.0 Å². The van der Waals surface area contributed by atoms with E-state index < -0.39 is 10.0 Å². The molecule has 0 unspecified atom stereocenters. The van der Waals surface area contributed by atoms with Crippen LogP contribution in [0.4, 0.5) is 17.5 Å². The summed E-state index contributed by atoms with van der Waals surface area (Å²) in [5.41, 5.74) is 0.922. The molecular weight excluding hydrogens is 420 g/mol. The van der Waals surface area contributed by atoms with E-state index in [9.17, 15) is 8.42 Å². The SMILES string of the molecule is CCc1ccc(S(=O)(=O)N2CCN(c3ccc(Nc4cccc(C)n4)nn3)CC2)s1. The normalized spacial score (nSPS) is 15.3. The summed E-state index contributed by atoms with van der Waals surface area (Å²) in [6.45, 7) is 5.96. The smallest absolute Gasteiger partial charge is 0.252 e. The molecule has 1 aliphatic heterocycles. The van der Waals surface area contributed by atoms with Crippen LogP contribution >= 0.6 is 11.3 Å². The van der Waals surface area contributed by atoms with Crippen LogP contribution in [0.15, 0.2) is 46.7 Å². The fourth-order valence-electron chi connectivity index (χ4n) is 3.28. The van der Waals surface area contributed by atoms with Crippen LogP contribution in [0.25, 0.3) is 0 Å². The Labute approximate surface area is 180 Å². The van der Waals surface area contributed by atoms with E-state index in [-0.39, 0.29) is 0 Å². The quantitative estimate of drug-likeness (QED) is 0.625. The third-order valence-corrected chi connectivity index (χ3v) is 8.53. The molecule has 1 saturated heterocycles. The fraction of sp³-hybridized carbons (Fsp3) is 0.350. The van der Waals surface area contributed by atoms with Crippen LogP contribution in [0.2, 0.25) is 0 Å². The predicted molar refractivity (Wildman–Crippen MR) is 119 cm³/mol. The van der Waals surface area contributed by atoms with Gasteiger partial charge in [0.15, 0.2) is 11.6 Å². The van der Waals surface area contributed by atoms with Crippen LogP contribution in [-0.4, -0.2) is 54.1 Å². The topological polar surface area (TPSA) is 91.3 Å². The van der Waals surface area contributed by atoms with E-state index in [1.807, 2.05) is 50.2 Å². The van der Waals surface area contributed by atoms with Gasteiger partial charge in [0, 0.05) is 36.8 Å². The lowest BCUT2D eigenvalue weighted by molar-refractivity contribution is 0.384. The van der Waals surface area contributed by atoms with Crippen LogP contribution in [0.5, 0.6) is 0 Å². The highest BCUT2D eigenvalue weighted by Gasteiger charge is 2.30. The molecule has 3 aromatic rings. The van der Waals surface area contributed by atoms with Crippen LogP contribution < -0.4 is 10.2 Å². The minimum Gasteiger partial charge on any atom is -0.352 e. The number of rotatable bonds is 6. The van der Waals surface area contributed by atoms with Crippen LogP contribution in [0.1, 0.15) is 17.5 Å². The largest absolute Gasteiger partial charge is 0.352 e. The van der Waals surface area contributed by atoms with E-state index in [1.165, 1.54) is 11.3 Å². The van der Waals surface area contributed by atoms with Gasteiger partial charge < -0.3 is 10.2 Å². The maximum Gasteiger partial charge on any atom is 0.252 e. The van der Waals surface area contributed by atoms with E-state index >= 15 is 0 Å². The minimum atomic E-state index is -3.43. The number of aromatic nitrogens is 3. The second-order valence-electron chi connectivity index (χ2n) is 7.03. The number of hydrogen-bond donors (Lipinski definition) is 1. The van der Waals surface area contributed by atoms with E-state index in [2.05, 4.69) is 25.4 Å². The summed E-state index contributed by atoms with van der Waals surface area (Å²) in [6, 6.07) is 13.1. The van der Waals surface area contributed by atoms with E-state index in [0.29, 0.717) is 36.2 Å². The van der Waals surface area contributed by atoms with Gasteiger partial charge in [-0.3, -0.25) is 0 Å². The summed E-state index contributed by atoms with van der Waals surface area (Å²) in [5.74, 6) is 2.07. The minimum absolute atomic E-state index is 0.424. The van der Waals surface area contributed by atoms with E-state index in [4.69, 9.17) is 0 Å². The number of hydrogen-bond acceptors (Lipinski definition) is 8. The molecule has 158 valence electrons. The molecule has 4 heterocycles. The Bertz CT molecular complexity index is 1110. The van der Waals surface area contributed by atoms with Gasteiger partial charge in [-0.2, -0.15) is 4.31 Å². The van der Waals surface area contributed by atoms with Gasteiger partial charge in [-0.25, -0.2) is 13.4 Å². The van der Waals surface area contributed by atoms with Gasteiger partial charge >= 0.3 is 0 Å². The Hall–Kier alpha value is -2.56. The Morgan fingerprint density at radius 1 is 1.00 bits per heavy atom. The lowest BCUT2D eigenvalue weighted by Gasteiger charge is -2.34. The van der Waals surface area contributed by atoms with E-state index in [0.717, 1.165) is 28.6 Å². The molecule has 8 nitrogen and oxygen atoms in total. The fourth-order valence-corrected chi connectivity index (χ4v) is 6.15. The lowest BCUT2D eigenvalue weighted by Crippen LogP contribution is -2.48. The first-order valence-corrected chi connectivity index (χ1v) is 12.1. The lowest BCUT2D eigenvalue weighted by atomic mass is 10.3. The summed E-state index contributed by atoms with van der Waals surface area (Å²) in [6.07, 6.45) is 0.845. The maximum atomic E-state index is 12.9. The molecule has 0 amide bonds. The average Bonchev–Trinajstić information content (AvgIpc) is 3.25.